The van der Waals surface area contributed by atoms with E-state index in [0.717, 1.165) is 12.0 Å². The number of ether oxygens (including phenoxy) is 1. The third-order valence-electron chi connectivity index (χ3n) is 5.42. The van der Waals surface area contributed by atoms with Gasteiger partial charge in [-0.3, -0.25) is 0 Å². The Hall–Kier alpha value is -1.74. The Morgan fingerprint density at radius 3 is 2.74 bits per heavy atom. The highest BCUT2D eigenvalue weighted by atomic mass is 32.2. The van der Waals surface area contributed by atoms with Crippen LogP contribution in [0.4, 0.5) is 0 Å². The fraction of sp³-hybridized carbons (Fsp3) is 0.458. The number of thioether (sulfide) groups is 1. The Labute approximate surface area is 167 Å². The molecule has 1 aromatic rings. The molecular formula is C24H30O2S. The number of allylic oxidation sites excluding steroid dienone is 4. The van der Waals surface area contributed by atoms with Crippen molar-refractivity contribution in [3.63, 3.8) is 0 Å². The van der Waals surface area contributed by atoms with Gasteiger partial charge in [0.05, 0.1) is 12.2 Å². The minimum absolute atomic E-state index is 0.256. The van der Waals surface area contributed by atoms with E-state index < -0.39 is 0 Å². The smallest absolute Gasteiger partial charge is 0.338 e. The van der Waals surface area contributed by atoms with Crippen LogP contribution >= 0.6 is 11.8 Å². The Kier molecular flexibility index (Phi) is 6.31. The predicted molar refractivity (Wildman–Crippen MR) is 116 cm³/mol. The number of carbonyl (C=O) groups is 1. The molecule has 27 heavy (non-hydrogen) atoms. The SMILES string of the molecule is CCOC(=O)c1ccc(/C=C(\C)C2C=CC3=C(CCC(C)(C)CS3)C2)cc1. The van der Waals surface area contributed by atoms with Gasteiger partial charge in [0.1, 0.15) is 0 Å². The fourth-order valence-corrected chi connectivity index (χ4v) is 4.83. The molecule has 144 valence electrons. The van der Waals surface area contributed by atoms with Gasteiger partial charge in [0, 0.05) is 16.6 Å². The Balaban J connectivity index is 1.68. The van der Waals surface area contributed by atoms with Crippen LogP contribution in [0.3, 0.4) is 0 Å². The average molecular weight is 383 g/mol. The monoisotopic (exact) mass is 382 g/mol. The minimum atomic E-state index is -0.256. The summed E-state index contributed by atoms with van der Waals surface area (Å²) in [5, 5.41) is 0. The fourth-order valence-electron chi connectivity index (χ4n) is 3.58. The number of esters is 1. The quantitative estimate of drug-likeness (QED) is 0.545. The van der Waals surface area contributed by atoms with Crippen molar-refractivity contribution in [2.45, 2.75) is 47.0 Å². The third-order valence-corrected chi connectivity index (χ3v) is 7.08. The maximum absolute atomic E-state index is 11.8. The van der Waals surface area contributed by atoms with Gasteiger partial charge < -0.3 is 4.74 Å². The van der Waals surface area contributed by atoms with Gasteiger partial charge >= 0.3 is 5.97 Å². The van der Waals surface area contributed by atoms with Crippen LogP contribution in [0, 0.1) is 11.3 Å². The first-order chi connectivity index (χ1) is 12.9. The van der Waals surface area contributed by atoms with Crippen LogP contribution in [0.5, 0.6) is 0 Å². The Morgan fingerprint density at radius 1 is 1.30 bits per heavy atom. The van der Waals surface area contributed by atoms with E-state index in [1.165, 1.54) is 29.1 Å². The van der Waals surface area contributed by atoms with Crippen molar-refractivity contribution < 1.29 is 9.53 Å². The molecule has 1 unspecified atom stereocenters. The molecule has 2 nitrogen and oxygen atoms in total. The summed E-state index contributed by atoms with van der Waals surface area (Å²) in [7, 11) is 0. The van der Waals surface area contributed by atoms with Gasteiger partial charge in [-0.2, -0.15) is 0 Å². The highest BCUT2D eigenvalue weighted by Crippen LogP contribution is 2.43. The lowest BCUT2D eigenvalue weighted by atomic mass is 9.82. The van der Waals surface area contributed by atoms with Crippen molar-refractivity contribution in [1.82, 2.24) is 0 Å². The first kappa shape index (κ1) is 20.0. The molecular weight excluding hydrogens is 352 g/mol. The van der Waals surface area contributed by atoms with E-state index in [1.54, 1.807) is 5.57 Å². The summed E-state index contributed by atoms with van der Waals surface area (Å²) in [5.74, 6) is 1.42. The summed E-state index contributed by atoms with van der Waals surface area (Å²) < 4.78 is 5.05. The number of rotatable bonds is 4. The van der Waals surface area contributed by atoms with Gasteiger partial charge in [-0.25, -0.2) is 4.79 Å². The normalized spacial score (nSPS) is 22.2. The van der Waals surface area contributed by atoms with Crippen LogP contribution in [-0.4, -0.2) is 18.3 Å². The van der Waals surface area contributed by atoms with Gasteiger partial charge in [0.15, 0.2) is 0 Å². The molecule has 0 aromatic heterocycles. The first-order valence-corrected chi connectivity index (χ1v) is 10.8. The summed E-state index contributed by atoms with van der Waals surface area (Å²) in [4.78, 5) is 13.3. The summed E-state index contributed by atoms with van der Waals surface area (Å²) in [5.41, 5.74) is 5.16. The molecule has 0 fully saturated rings. The second-order valence-corrected chi connectivity index (χ2v) is 9.34. The standard InChI is InChI=1S/C24H30O2S/c1-5-26-23(25)19-8-6-18(7-9-19)14-17(2)20-10-11-22-21(15-20)12-13-24(3,4)16-27-22/h6-11,14,20H,5,12-13,15-16H2,1-4H3/b17-14+. The highest BCUT2D eigenvalue weighted by Gasteiger charge is 2.26. The topological polar surface area (TPSA) is 26.3 Å². The molecule has 3 rings (SSSR count). The molecule has 2 aliphatic rings. The van der Waals surface area contributed by atoms with Gasteiger partial charge in [0.25, 0.3) is 0 Å². The molecule has 1 aromatic carbocycles. The zero-order chi connectivity index (χ0) is 19.4. The molecule has 1 heterocycles. The van der Waals surface area contributed by atoms with Gasteiger partial charge in [-0.15, -0.1) is 11.8 Å². The van der Waals surface area contributed by atoms with E-state index in [1.807, 2.05) is 43.0 Å². The zero-order valence-electron chi connectivity index (χ0n) is 16.9. The lowest BCUT2D eigenvalue weighted by Gasteiger charge is -2.22. The molecule has 3 heteroatoms. The predicted octanol–water partition coefficient (Wildman–Crippen LogP) is 6.65. The highest BCUT2D eigenvalue weighted by molar-refractivity contribution is 8.03. The van der Waals surface area contributed by atoms with Gasteiger partial charge in [0.2, 0.25) is 0 Å². The number of hydrogen-bond donors (Lipinski definition) is 0. The Morgan fingerprint density at radius 2 is 2.04 bits per heavy atom. The lowest BCUT2D eigenvalue weighted by molar-refractivity contribution is 0.0526. The van der Waals surface area contributed by atoms with Crippen molar-refractivity contribution >= 4 is 23.8 Å². The van der Waals surface area contributed by atoms with E-state index in [9.17, 15) is 4.79 Å². The maximum Gasteiger partial charge on any atom is 0.338 e. The second-order valence-electron chi connectivity index (χ2n) is 8.32. The molecule has 0 bridgehead atoms. The summed E-state index contributed by atoms with van der Waals surface area (Å²) in [6.07, 6.45) is 10.6. The van der Waals surface area contributed by atoms with Crippen molar-refractivity contribution in [2.75, 3.05) is 12.4 Å². The van der Waals surface area contributed by atoms with Gasteiger partial charge in [-0.05, 0) is 56.2 Å². The van der Waals surface area contributed by atoms with Crippen LogP contribution in [0.15, 0.2) is 52.5 Å². The van der Waals surface area contributed by atoms with E-state index in [-0.39, 0.29) is 5.97 Å². The molecule has 0 saturated carbocycles. The van der Waals surface area contributed by atoms with Gasteiger partial charge in [-0.1, -0.05) is 55.4 Å². The van der Waals surface area contributed by atoms with E-state index >= 15 is 0 Å². The maximum atomic E-state index is 11.8. The van der Waals surface area contributed by atoms with Crippen LogP contribution in [0.1, 0.15) is 62.9 Å². The molecule has 1 aliphatic carbocycles. The number of hydrogen-bond acceptors (Lipinski definition) is 3. The van der Waals surface area contributed by atoms with Crippen molar-refractivity contribution in [3.05, 3.63) is 63.6 Å². The zero-order valence-corrected chi connectivity index (χ0v) is 17.7. The second kappa shape index (κ2) is 8.52. The van der Waals surface area contributed by atoms with Crippen LogP contribution in [0.25, 0.3) is 6.08 Å². The number of carbonyl (C=O) groups excluding carboxylic acids is 1. The summed E-state index contributed by atoms with van der Waals surface area (Å²) in [6.45, 7) is 9.20. The van der Waals surface area contributed by atoms with Crippen molar-refractivity contribution in [2.24, 2.45) is 11.3 Å². The van der Waals surface area contributed by atoms with E-state index in [4.69, 9.17) is 4.74 Å². The molecule has 1 aliphatic heterocycles. The lowest BCUT2D eigenvalue weighted by Crippen LogP contribution is -2.13. The molecule has 0 radical (unpaired) electrons. The van der Waals surface area contributed by atoms with Crippen molar-refractivity contribution in [3.8, 4) is 0 Å². The largest absolute Gasteiger partial charge is 0.462 e. The van der Waals surface area contributed by atoms with Crippen LogP contribution in [-0.2, 0) is 4.74 Å². The minimum Gasteiger partial charge on any atom is -0.462 e. The molecule has 0 saturated heterocycles. The third kappa shape index (κ3) is 5.16. The van der Waals surface area contributed by atoms with Crippen LogP contribution in [0.2, 0.25) is 0 Å². The summed E-state index contributed by atoms with van der Waals surface area (Å²) in [6, 6.07) is 7.69. The first-order valence-electron chi connectivity index (χ1n) is 9.86. The summed E-state index contributed by atoms with van der Waals surface area (Å²) >= 11 is 2.03. The van der Waals surface area contributed by atoms with E-state index in [0.29, 0.717) is 23.5 Å². The van der Waals surface area contributed by atoms with E-state index in [2.05, 4.69) is 39.0 Å². The Bertz CT molecular complexity index is 781. The van der Waals surface area contributed by atoms with Crippen LogP contribution < -0.4 is 0 Å². The molecule has 1 atom stereocenters. The average Bonchev–Trinajstić information content (AvgIpc) is 2.80. The van der Waals surface area contributed by atoms with Crippen molar-refractivity contribution in [1.29, 1.82) is 0 Å². The number of benzene rings is 1. The molecule has 0 spiro atoms. The molecule has 0 amide bonds. The molecule has 0 N–H and O–H groups in total.